The van der Waals surface area contributed by atoms with Crippen LogP contribution < -0.4 is 0 Å². The molecule has 0 aliphatic heterocycles. The molecule has 0 radical (unpaired) electrons. The Kier molecular flexibility index (Phi) is 1.15. The molecule has 0 unspecified atom stereocenters. The minimum Gasteiger partial charge on any atom is -0.340 e. The highest BCUT2D eigenvalue weighted by molar-refractivity contribution is 5.68. The summed E-state index contributed by atoms with van der Waals surface area (Å²) >= 11 is 0. The maximum atomic E-state index is 4.17. The van der Waals surface area contributed by atoms with Crippen LogP contribution in [0.3, 0.4) is 0 Å². The van der Waals surface area contributed by atoms with Crippen LogP contribution in [-0.4, -0.2) is 19.9 Å². The molecule has 2 heterocycles. The largest absolute Gasteiger partial charge is 0.340 e. The van der Waals surface area contributed by atoms with Crippen molar-refractivity contribution >= 4 is 11.2 Å². The van der Waals surface area contributed by atoms with Crippen molar-refractivity contribution in [2.24, 2.45) is 0 Å². The third kappa shape index (κ3) is 0.960. The molecular formula is C7H8N4. The van der Waals surface area contributed by atoms with Gasteiger partial charge in [0, 0.05) is 0 Å². The lowest BCUT2D eigenvalue weighted by Crippen LogP contribution is -1.85. The van der Waals surface area contributed by atoms with Crippen LogP contribution in [0.2, 0.25) is 0 Å². The van der Waals surface area contributed by atoms with Gasteiger partial charge < -0.3 is 4.98 Å². The highest BCUT2D eigenvalue weighted by Crippen LogP contribution is 2.05. The summed E-state index contributed by atoms with van der Waals surface area (Å²) in [5, 5.41) is 0. The quantitative estimate of drug-likeness (QED) is 0.605. The van der Waals surface area contributed by atoms with Gasteiger partial charge in [0.15, 0.2) is 5.65 Å². The van der Waals surface area contributed by atoms with Gasteiger partial charge in [-0.25, -0.2) is 15.0 Å². The van der Waals surface area contributed by atoms with Gasteiger partial charge >= 0.3 is 0 Å². The standard InChI is InChI=1S/C7H8N4/c1-4-8-3-6-7(10-4)11-5(2)9-6/h3H,1-2H3,(H,8,9,10,11). The van der Waals surface area contributed by atoms with Crippen LogP contribution in [-0.2, 0) is 0 Å². The highest BCUT2D eigenvalue weighted by Gasteiger charge is 1.99. The first-order chi connectivity index (χ1) is 5.25. The van der Waals surface area contributed by atoms with Gasteiger partial charge in [-0.3, -0.25) is 0 Å². The van der Waals surface area contributed by atoms with Gasteiger partial charge in [0.1, 0.15) is 17.2 Å². The summed E-state index contributed by atoms with van der Waals surface area (Å²) in [5.41, 5.74) is 1.64. The summed E-state index contributed by atoms with van der Waals surface area (Å²) in [5.74, 6) is 1.63. The van der Waals surface area contributed by atoms with Crippen molar-refractivity contribution in [2.45, 2.75) is 13.8 Å². The fraction of sp³-hybridized carbons (Fsp3) is 0.286. The molecule has 11 heavy (non-hydrogen) atoms. The maximum absolute atomic E-state index is 4.17. The normalized spacial score (nSPS) is 10.7. The third-order valence-electron chi connectivity index (χ3n) is 1.48. The van der Waals surface area contributed by atoms with Gasteiger partial charge in [-0.15, -0.1) is 0 Å². The summed E-state index contributed by atoms with van der Waals surface area (Å²) < 4.78 is 0. The molecule has 0 saturated heterocycles. The molecule has 2 aromatic heterocycles. The highest BCUT2D eigenvalue weighted by atomic mass is 15.0. The Morgan fingerprint density at radius 3 is 2.91 bits per heavy atom. The maximum Gasteiger partial charge on any atom is 0.181 e. The Bertz CT molecular complexity index is 390. The topological polar surface area (TPSA) is 54.5 Å². The Balaban J connectivity index is 2.82. The molecular weight excluding hydrogens is 140 g/mol. The second-order valence-corrected chi connectivity index (χ2v) is 2.48. The first-order valence-corrected chi connectivity index (χ1v) is 3.41. The molecule has 0 fully saturated rings. The number of aromatic amines is 1. The SMILES string of the molecule is Cc1ncc2[nH]c(C)nc2n1. The van der Waals surface area contributed by atoms with Crippen LogP contribution in [0.4, 0.5) is 0 Å². The number of rotatable bonds is 0. The van der Waals surface area contributed by atoms with Crippen molar-refractivity contribution in [3.8, 4) is 0 Å². The van der Waals surface area contributed by atoms with Gasteiger partial charge in [0.05, 0.1) is 6.20 Å². The first kappa shape index (κ1) is 6.27. The molecule has 0 saturated carbocycles. The van der Waals surface area contributed by atoms with Crippen LogP contribution in [0, 0.1) is 13.8 Å². The second-order valence-electron chi connectivity index (χ2n) is 2.48. The van der Waals surface area contributed by atoms with E-state index in [1.807, 2.05) is 13.8 Å². The number of H-pyrrole nitrogens is 1. The van der Waals surface area contributed by atoms with Gasteiger partial charge in [-0.1, -0.05) is 0 Å². The minimum atomic E-state index is 0.745. The van der Waals surface area contributed by atoms with Crippen LogP contribution in [0.15, 0.2) is 6.20 Å². The Morgan fingerprint density at radius 2 is 2.09 bits per heavy atom. The van der Waals surface area contributed by atoms with Gasteiger partial charge in [-0.2, -0.15) is 0 Å². The molecule has 4 heteroatoms. The van der Waals surface area contributed by atoms with Crippen LogP contribution in [0.1, 0.15) is 11.6 Å². The molecule has 4 nitrogen and oxygen atoms in total. The fourth-order valence-electron chi connectivity index (χ4n) is 1.01. The van der Waals surface area contributed by atoms with Crippen LogP contribution in [0.25, 0.3) is 11.2 Å². The summed E-state index contributed by atoms with van der Waals surface area (Å²) in [6, 6.07) is 0. The number of aryl methyl sites for hydroxylation is 2. The number of fused-ring (bicyclic) bond motifs is 1. The number of imidazole rings is 1. The number of nitrogens with one attached hydrogen (secondary N) is 1. The van der Waals surface area contributed by atoms with E-state index in [1.165, 1.54) is 0 Å². The van der Waals surface area contributed by atoms with E-state index in [0.29, 0.717) is 0 Å². The fourth-order valence-corrected chi connectivity index (χ4v) is 1.01. The minimum absolute atomic E-state index is 0.745. The number of hydrogen-bond acceptors (Lipinski definition) is 3. The lowest BCUT2D eigenvalue weighted by Gasteiger charge is -1.87. The molecule has 56 valence electrons. The third-order valence-corrected chi connectivity index (χ3v) is 1.48. The van der Waals surface area contributed by atoms with Crippen molar-refractivity contribution in [2.75, 3.05) is 0 Å². The molecule has 0 aliphatic carbocycles. The molecule has 0 bridgehead atoms. The molecule has 1 N–H and O–H groups in total. The van der Waals surface area contributed by atoms with Crippen molar-refractivity contribution in [3.05, 3.63) is 17.8 Å². The summed E-state index contributed by atoms with van der Waals surface area (Å²) in [7, 11) is 0. The monoisotopic (exact) mass is 148 g/mol. The summed E-state index contributed by atoms with van der Waals surface area (Å²) in [6.07, 6.45) is 1.75. The molecule has 0 atom stereocenters. The number of hydrogen-bond donors (Lipinski definition) is 1. The lowest BCUT2D eigenvalue weighted by atomic mass is 10.5. The van der Waals surface area contributed by atoms with E-state index in [2.05, 4.69) is 19.9 Å². The average molecular weight is 148 g/mol. The predicted molar refractivity (Wildman–Crippen MR) is 41.2 cm³/mol. The van der Waals surface area contributed by atoms with Crippen molar-refractivity contribution < 1.29 is 0 Å². The second kappa shape index (κ2) is 2.02. The Morgan fingerprint density at radius 1 is 1.27 bits per heavy atom. The molecule has 0 aromatic carbocycles. The first-order valence-electron chi connectivity index (χ1n) is 3.41. The van der Waals surface area contributed by atoms with E-state index >= 15 is 0 Å². The average Bonchev–Trinajstić information content (AvgIpc) is 2.27. The zero-order valence-corrected chi connectivity index (χ0v) is 6.42. The van der Waals surface area contributed by atoms with Gasteiger partial charge in [0.2, 0.25) is 0 Å². The Hall–Kier alpha value is -1.45. The summed E-state index contributed by atoms with van der Waals surface area (Å²) in [6.45, 7) is 3.75. The molecule has 2 aromatic rings. The molecule has 0 spiro atoms. The predicted octanol–water partition coefficient (Wildman–Crippen LogP) is 0.970. The van der Waals surface area contributed by atoms with Crippen molar-refractivity contribution in [1.29, 1.82) is 0 Å². The van der Waals surface area contributed by atoms with E-state index in [-0.39, 0.29) is 0 Å². The van der Waals surface area contributed by atoms with E-state index in [9.17, 15) is 0 Å². The number of aromatic nitrogens is 4. The van der Waals surface area contributed by atoms with E-state index in [0.717, 1.165) is 22.8 Å². The Labute approximate surface area is 63.7 Å². The van der Waals surface area contributed by atoms with Gasteiger partial charge in [0.25, 0.3) is 0 Å². The summed E-state index contributed by atoms with van der Waals surface area (Å²) in [4.78, 5) is 15.4. The zero-order valence-electron chi connectivity index (χ0n) is 6.42. The van der Waals surface area contributed by atoms with Gasteiger partial charge in [-0.05, 0) is 13.8 Å². The lowest BCUT2D eigenvalue weighted by molar-refractivity contribution is 1.08. The van der Waals surface area contributed by atoms with Crippen LogP contribution in [0.5, 0.6) is 0 Å². The smallest absolute Gasteiger partial charge is 0.181 e. The van der Waals surface area contributed by atoms with Crippen LogP contribution >= 0.6 is 0 Å². The van der Waals surface area contributed by atoms with E-state index in [1.54, 1.807) is 6.20 Å². The zero-order chi connectivity index (χ0) is 7.84. The molecule has 2 rings (SSSR count). The van der Waals surface area contributed by atoms with Crippen molar-refractivity contribution in [1.82, 2.24) is 19.9 Å². The molecule has 0 aliphatic rings. The van der Waals surface area contributed by atoms with E-state index in [4.69, 9.17) is 0 Å². The van der Waals surface area contributed by atoms with Crippen molar-refractivity contribution in [3.63, 3.8) is 0 Å². The molecule has 0 amide bonds. The number of nitrogens with zero attached hydrogens (tertiary/aromatic N) is 3. The van der Waals surface area contributed by atoms with E-state index < -0.39 is 0 Å².